The quantitative estimate of drug-likeness (QED) is 0.0719. The lowest BCUT2D eigenvalue weighted by molar-refractivity contribution is -0.147. The van der Waals surface area contributed by atoms with Gasteiger partial charge in [-0.2, -0.15) is 0 Å². The molecule has 1 fully saturated rings. The highest BCUT2D eigenvalue weighted by Crippen LogP contribution is 2.36. The highest BCUT2D eigenvalue weighted by Gasteiger charge is 2.39. The number of carbonyl (C=O) groups excluding carboxylic acids is 2. The number of ether oxygens (including phenoxy) is 1. The van der Waals surface area contributed by atoms with E-state index in [0.717, 1.165) is 24.8 Å². The number of hydrogen-bond acceptors (Lipinski definition) is 8. The van der Waals surface area contributed by atoms with Crippen molar-refractivity contribution in [1.82, 2.24) is 5.32 Å². The summed E-state index contributed by atoms with van der Waals surface area (Å²) in [5.41, 5.74) is 1.13. The standard InChI is InChI=1S/C31H46N2O7/c1-3-32-30(36)16-10-5-4-9-15-26-27(29(35)22-28(26)34)21-20-25(19-18-24-13-7-6-8-14-24)39-31(37)17-11-12-23(2)40-33-38/h4,6-9,13-14,20-21,23,25-29,34-35H,3,5,10-12,15-19,22H2,1-2H3,(H,32,36)/t23-,25-,26+,27+,28-,29+/m0/s1. The summed E-state index contributed by atoms with van der Waals surface area (Å²) < 4.78 is 5.79. The molecule has 1 aromatic rings. The van der Waals surface area contributed by atoms with Crippen LogP contribution in [0, 0.1) is 16.7 Å². The molecule has 0 radical (unpaired) electrons. The van der Waals surface area contributed by atoms with Crippen LogP contribution in [0.3, 0.4) is 0 Å². The molecular weight excluding hydrogens is 512 g/mol. The van der Waals surface area contributed by atoms with Crippen molar-refractivity contribution in [2.24, 2.45) is 17.2 Å². The first-order chi connectivity index (χ1) is 19.3. The molecule has 1 aliphatic carbocycles. The van der Waals surface area contributed by atoms with Crippen molar-refractivity contribution in [3.05, 3.63) is 65.1 Å². The van der Waals surface area contributed by atoms with E-state index in [-0.39, 0.29) is 36.2 Å². The molecule has 2 rings (SSSR count). The molecule has 0 spiro atoms. The van der Waals surface area contributed by atoms with Gasteiger partial charge in [0.2, 0.25) is 5.91 Å². The first-order valence-corrected chi connectivity index (χ1v) is 14.5. The molecule has 6 atom stereocenters. The number of nitrogens with zero attached hydrogens (tertiary/aromatic N) is 1. The van der Waals surface area contributed by atoms with E-state index < -0.39 is 18.3 Å². The van der Waals surface area contributed by atoms with E-state index in [0.29, 0.717) is 45.1 Å². The number of hydrogen-bond donors (Lipinski definition) is 3. The predicted octanol–water partition coefficient (Wildman–Crippen LogP) is 4.95. The number of rotatable bonds is 19. The molecule has 0 saturated heterocycles. The van der Waals surface area contributed by atoms with Gasteiger partial charge in [0.15, 0.2) is 5.34 Å². The number of carbonyl (C=O) groups is 2. The molecule has 0 unspecified atom stereocenters. The minimum atomic E-state index is -0.680. The zero-order chi connectivity index (χ0) is 29.2. The number of esters is 1. The maximum Gasteiger partial charge on any atom is 0.306 e. The Labute approximate surface area is 238 Å². The Balaban J connectivity index is 1.97. The minimum absolute atomic E-state index is 0.0525. The van der Waals surface area contributed by atoms with Crippen molar-refractivity contribution in [3.8, 4) is 0 Å². The monoisotopic (exact) mass is 558 g/mol. The number of aliphatic hydroxyl groups is 2. The van der Waals surface area contributed by atoms with Crippen LogP contribution in [0.2, 0.25) is 0 Å². The number of allylic oxidation sites excluding steroid dienone is 2. The van der Waals surface area contributed by atoms with Crippen LogP contribution in [-0.2, 0) is 25.6 Å². The molecule has 1 aromatic carbocycles. The van der Waals surface area contributed by atoms with Crippen molar-refractivity contribution in [2.75, 3.05) is 6.54 Å². The average Bonchev–Trinajstić information content (AvgIpc) is 3.20. The van der Waals surface area contributed by atoms with E-state index in [2.05, 4.69) is 15.5 Å². The van der Waals surface area contributed by atoms with Crippen LogP contribution in [-0.4, -0.2) is 53.1 Å². The van der Waals surface area contributed by atoms with Crippen LogP contribution in [0.4, 0.5) is 0 Å². The molecule has 0 aromatic heterocycles. The van der Waals surface area contributed by atoms with E-state index in [1.807, 2.05) is 61.6 Å². The Morgan fingerprint density at radius 1 is 1.10 bits per heavy atom. The van der Waals surface area contributed by atoms with Gasteiger partial charge in [-0.15, -0.1) is 4.91 Å². The Hall–Kier alpha value is -3.04. The van der Waals surface area contributed by atoms with Gasteiger partial charge in [-0.3, -0.25) is 9.59 Å². The zero-order valence-electron chi connectivity index (χ0n) is 23.8. The second-order valence-corrected chi connectivity index (χ2v) is 10.5. The number of aliphatic hydroxyl groups excluding tert-OH is 2. The number of unbranched alkanes of at least 4 members (excludes halogenated alkanes) is 1. The van der Waals surface area contributed by atoms with Gasteiger partial charge in [-0.25, -0.2) is 0 Å². The lowest BCUT2D eigenvalue weighted by Gasteiger charge is -2.21. The number of aryl methyl sites for hydroxylation is 1. The van der Waals surface area contributed by atoms with E-state index >= 15 is 0 Å². The molecule has 3 N–H and O–H groups in total. The molecule has 1 saturated carbocycles. The van der Waals surface area contributed by atoms with Crippen molar-refractivity contribution in [1.29, 1.82) is 0 Å². The summed E-state index contributed by atoms with van der Waals surface area (Å²) in [5.74, 6) is -0.698. The Kier molecular flexibility index (Phi) is 15.8. The molecule has 9 heteroatoms. The summed E-state index contributed by atoms with van der Waals surface area (Å²) in [5, 5.41) is 26.5. The smallest absolute Gasteiger partial charge is 0.306 e. The van der Waals surface area contributed by atoms with Crippen LogP contribution in [0.5, 0.6) is 0 Å². The third-order valence-electron chi connectivity index (χ3n) is 7.25. The van der Waals surface area contributed by atoms with Crippen molar-refractivity contribution in [2.45, 2.75) is 102 Å². The number of benzene rings is 1. The maximum atomic E-state index is 12.6. The van der Waals surface area contributed by atoms with Gasteiger partial charge in [0.1, 0.15) is 12.2 Å². The van der Waals surface area contributed by atoms with Gasteiger partial charge in [-0.1, -0.05) is 48.6 Å². The zero-order valence-corrected chi connectivity index (χ0v) is 23.8. The third kappa shape index (κ3) is 12.9. The lowest BCUT2D eigenvalue weighted by Crippen LogP contribution is -2.22. The highest BCUT2D eigenvalue weighted by atomic mass is 16.7. The van der Waals surface area contributed by atoms with Gasteiger partial charge in [0, 0.05) is 31.7 Å². The van der Waals surface area contributed by atoms with Gasteiger partial charge in [0.25, 0.3) is 0 Å². The van der Waals surface area contributed by atoms with Crippen LogP contribution >= 0.6 is 0 Å². The van der Waals surface area contributed by atoms with E-state index in [1.165, 1.54) is 0 Å². The molecule has 9 nitrogen and oxygen atoms in total. The van der Waals surface area contributed by atoms with E-state index in [1.54, 1.807) is 6.92 Å². The van der Waals surface area contributed by atoms with Crippen LogP contribution in [0.15, 0.2) is 60.0 Å². The Morgan fingerprint density at radius 3 is 2.60 bits per heavy atom. The summed E-state index contributed by atoms with van der Waals surface area (Å²) in [6.45, 7) is 4.25. The summed E-state index contributed by atoms with van der Waals surface area (Å²) in [6.07, 6.45) is 11.1. The molecule has 0 bridgehead atoms. The van der Waals surface area contributed by atoms with Crippen molar-refractivity contribution in [3.63, 3.8) is 0 Å². The molecule has 0 heterocycles. The van der Waals surface area contributed by atoms with Gasteiger partial charge in [0.05, 0.1) is 12.2 Å². The predicted molar refractivity (Wildman–Crippen MR) is 154 cm³/mol. The summed E-state index contributed by atoms with van der Waals surface area (Å²) in [6, 6.07) is 9.95. The highest BCUT2D eigenvalue weighted by molar-refractivity contribution is 5.75. The minimum Gasteiger partial charge on any atom is -0.458 e. The Bertz CT molecular complexity index is 937. The van der Waals surface area contributed by atoms with Crippen LogP contribution < -0.4 is 5.32 Å². The van der Waals surface area contributed by atoms with Gasteiger partial charge >= 0.3 is 5.97 Å². The summed E-state index contributed by atoms with van der Waals surface area (Å²) in [7, 11) is 0. The average molecular weight is 559 g/mol. The first kappa shape index (κ1) is 33.2. The second-order valence-electron chi connectivity index (χ2n) is 10.5. The molecule has 222 valence electrons. The molecule has 0 aliphatic heterocycles. The fourth-order valence-corrected chi connectivity index (χ4v) is 5.03. The summed E-state index contributed by atoms with van der Waals surface area (Å²) in [4.78, 5) is 39.0. The summed E-state index contributed by atoms with van der Waals surface area (Å²) >= 11 is 0. The Morgan fingerprint density at radius 2 is 1.88 bits per heavy atom. The first-order valence-electron chi connectivity index (χ1n) is 14.5. The topological polar surface area (TPSA) is 135 Å². The van der Waals surface area contributed by atoms with E-state index in [4.69, 9.17) is 4.74 Å². The number of amides is 1. The second kappa shape index (κ2) is 19.1. The largest absolute Gasteiger partial charge is 0.458 e. The van der Waals surface area contributed by atoms with Gasteiger partial charge < -0.3 is 25.1 Å². The van der Waals surface area contributed by atoms with Crippen molar-refractivity contribution < 1.29 is 29.4 Å². The van der Waals surface area contributed by atoms with Gasteiger partial charge in [-0.05, 0) is 76.4 Å². The van der Waals surface area contributed by atoms with Crippen LogP contribution in [0.25, 0.3) is 0 Å². The van der Waals surface area contributed by atoms with Crippen molar-refractivity contribution >= 4 is 11.9 Å². The molecular formula is C31H46N2O7. The normalized spacial score (nSPS) is 22.3. The fraction of sp³-hybridized carbons (Fsp3) is 0.613. The number of nitrogens with one attached hydrogen (secondary N) is 1. The molecule has 1 aliphatic rings. The maximum absolute atomic E-state index is 12.6. The SMILES string of the molecule is CCNC(=O)CCCC=CC[C@@H]1[C@@H](C=C[C@H](CCc2ccccc2)OC(=O)CCC[C@H](C)ON=O)[C@H](O)C[C@@H]1O. The lowest BCUT2D eigenvalue weighted by atomic mass is 9.89. The van der Waals surface area contributed by atoms with Crippen LogP contribution in [0.1, 0.15) is 77.2 Å². The molecule has 40 heavy (non-hydrogen) atoms. The fourth-order valence-electron chi connectivity index (χ4n) is 5.03. The molecule has 1 amide bonds. The van der Waals surface area contributed by atoms with E-state index in [9.17, 15) is 24.7 Å². The third-order valence-corrected chi connectivity index (χ3v) is 7.25.